The summed E-state index contributed by atoms with van der Waals surface area (Å²) in [6.07, 6.45) is 0. The van der Waals surface area contributed by atoms with Crippen LogP contribution in [0.2, 0.25) is 0 Å². The van der Waals surface area contributed by atoms with Crippen molar-refractivity contribution in [3.05, 3.63) is 125 Å². The fourth-order valence-corrected chi connectivity index (χ4v) is 5.42. The summed E-state index contributed by atoms with van der Waals surface area (Å²) in [7, 11) is -2.48. The van der Waals surface area contributed by atoms with Gasteiger partial charge in [0.1, 0.15) is 12.3 Å². The molecule has 4 rings (SSSR count). The summed E-state index contributed by atoms with van der Waals surface area (Å²) >= 11 is 0. The number of nitrogens with zero attached hydrogens (tertiary/aromatic N) is 1. The van der Waals surface area contributed by atoms with Crippen molar-refractivity contribution in [2.24, 2.45) is 0 Å². The summed E-state index contributed by atoms with van der Waals surface area (Å²) in [6, 6.07) is 30.3. The molecule has 0 saturated carbocycles. The maximum Gasteiger partial charge on any atom is 0.264 e. The van der Waals surface area contributed by atoms with E-state index < -0.39 is 28.5 Å². The summed E-state index contributed by atoms with van der Waals surface area (Å²) in [5.74, 6) is 0.158. The Morgan fingerprint density at radius 2 is 1.32 bits per heavy atom. The van der Waals surface area contributed by atoms with E-state index in [9.17, 15) is 13.2 Å². The molecule has 0 aliphatic heterocycles. The number of benzene rings is 4. The van der Waals surface area contributed by atoms with Gasteiger partial charge in [0.15, 0.2) is 0 Å². The summed E-state index contributed by atoms with van der Waals surface area (Å²) in [4.78, 5) is 13.6. The topological polar surface area (TPSA) is 75.7 Å². The Labute approximate surface area is 218 Å². The Bertz CT molecular complexity index is 1430. The van der Waals surface area contributed by atoms with Gasteiger partial charge in [-0.2, -0.15) is 0 Å². The third-order valence-corrected chi connectivity index (χ3v) is 7.89. The van der Waals surface area contributed by atoms with Gasteiger partial charge in [0.05, 0.1) is 23.7 Å². The van der Waals surface area contributed by atoms with E-state index in [1.54, 1.807) is 48.5 Å². The van der Waals surface area contributed by atoms with E-state index >= 15 is 0 Å². The quantitative estimate of drug-likeness (QED) is 0.324. The third-order valence-electron chi connectivity index (χ3n) is 6.11. The number of ether oxygens (including phenoxy) is 1. The number of sulfonamides is 1. The molecule has 1 amide bonds. The van der Waals surface area contributed by atoms with Crippen LogP contribution in [0.5, 0.6) is 5.75 Å². The first-order chi connectivity index (χ1) is 17.8. The van der Waals surface area contributed by atoms with Gasteiger partial charge in [0.2, 0.25) is 5.91 Å². The molecular formula is C30H30N2O4S. The molecule has 0 aliphatic rings. The lowest BCUT2D eigenvalue weighted by atomic mass is 9.98. The van der Waals surface area contributed by atoms with Gasteiger partial charge in [-0.3, -0.25) is 9.10 Å². The Balaban J connectivity index is 1.68. The smallest absolute Gasteiger partial charge is 0.264 e. The van der Waals surface area contributed by atoms with E-state index in [0.717, 1.165) is 26.6 Å². The molecule has 0 spiro atoms. The molecule has 0 radical (unpaired) electrons. The number of hydrogen-bond acceptors (Lipinski definition) is 4. The lowest BCUT2D eigenvalue weighted by molar-refractivity contribution is -0.120. The molecule has 37 heavy (non-hydrogen) atoms. The molecule has 4 aromatic rings. The van der Waals surface area contributed by atoms with Crippen LogP contribution in [0.3, 0.4) is 0 Å². The first-order valence-electron chi connectivity index (χ1n) is 11.9. The van der Waals surface area contributed by atoms with Crippen molar-refractivity contribution in [1.29, 1.82) is 0 Å². The number of carbonyl (C=O) groups excluding carboxylic acids is 1. The van der Waals surface area contributed by atoms with Crippen molar-refractivity contribution in [3.8, 4) is 5.75 Å². The number of carbonyl (C=O) groups is 1. The molecule has 6 nitrogen and oxygen atoms in total. The van der Waals surface area contributed by atoms with E-state index in [2.05, 4.69) is 5.32 Å². The standard InChI is InChI=1S/C30H30N2O4S/c1-22-9-13-25(14-10-22)30(24-7-5-4-6-8-24)31-29(33)21-32(26-15-17-27(36-3)18-16-26)37(34,35)28-19-11-23(2)12-20-28/h4-20,30H,21H2,1-3H3,(H,31,33)/t30-/m1/s1. The van der Waals surface area contributed by atoms with Gasteiger partial charge >= 0.3 is 0 Å². The molecule has 4 aromatic carbocycles. The third kappa shape index (κ3) is 6.19. The fraction of sp³-hybridized carbons (Fsp3) is 0.167. The molecule has 0 saturated heterocycles. The predicted octanol–water partition coefficient (Wildman–Crippen LogP) is 5.41. The highest BCUT2D eigenvalue weighted by atomic mass is 32.2. The zero-order chi connectivity index (χ0) is 26.4. The van der Waals surface area contributed by atoms with Crippen molar-refractivity contribution < 1.29 is 17.9 Å². The van der Waals surface area contributed by atoms with Crippen molar-refractivity contribution >= 4 is 21.6 Å². The summed E-state index contributed by atoms with van der Waals surface area (Å²) < 4.78 is 33.8. The van der Waals surface area contributed by atoms with Crippen LogP contribution in [-0.2, 0) is 14.8 Å². The molecule has 0 aromatic heterocycles. The maximum atomic E-state index is 13.7. The number of methoxy groups -OCH3 is 1. The van der Waals surface area contributed by atoms with Crippen LogP contribution in [-0.4, -0.2) is 28.0 Å². The predicted molar refractivity (Wildman–Crippen MR) is 146 cm³/mol. The van der Waals surface area contributed by atoms with Gasteiger partial charge in [-0.05, 0) is 61.4 Å². The number of hydrogen-bond donors (Lipinski definition) is 1. The largest absolute Gasteiger partial charge is 0.497 e. The summed E-state index contributed by atoms with van der Waals surface area (Å²) in [5, 5.41) is 3.05. The Hall–Kier alpha value is -4.10. The number of aryl methyl sites for hydroxylation is 2. The van der Waals surface area contributed by atoms with Gasteiger partial charge in [-0.25, -0.2) is 8.42 Å². The molecule has 0 fully saturated rings. The molecule has 0 unspecified atom stereocenters. The molecule has 7 heteroatoms. The van der Waals surface area contributed by atoms with Crippen LogP contribution in [0.4, 0.5) is 5.69 Å². The van der Waals surface area contributed by atoms with Crippen LogP contribution < -0.4 is 14.4 Å². The zero-order valence-corrected chi connectivity index (χ0v) is 21.9. The highest BCUT2D eigenvalue weighted by molar-refractivity contribution is 7.92. The molecule has 190 valence electrons. The lowest BCUT2D eigenvalue weighted by Gasteiger charge is -2.26. The average Bonchev–Trinajstić information content (AvgIpc) is 2.92. The van der Waals surface area contributed by atoms with Crippen LogP contribution in [0, 0.1) is 13.8 Å². The molecule has 0 heterocycles. The zero-order valence-electron chi connectivity index (χ0n) is 21.1. The minimum Gasteiger partial charge on any atom is -0.497 e. The van der Waals surface area contributed by atoms with E-state index in [4.69, 9.17) is 4.74 Å². The fourth-order valence-electron chi connectivity index (χ4n) is 4.00. The second-order valence-electron chi connectivity index (χ2n) is 8.84. The van der Waals surface area contributed by atoms with E-state index in [-0.39, 0.29) is 4.90 Å². The normalized spacial score (nSPS) is 12.0. The van der Waals surface area contributed by atoms with Gasteiger partial charge in [0, 0.05) is 0 Å². The van der Waals surface area contributed by atoms with E-state index in [1.807, 2.05) is 68.4 Å². The second-order valence-corrected chi connectivity index (χ2v) is 10.7. The van der Waals surface area contributed by atoms with Crippen molar-refractivity contribution in [2.45, 2.75) is 24.8 Å². The van der Waals surface area contributed by atoms with Gasteiger partial charge < -0.3 is 10.1 Å². The van der Waals surface area contributed by atoms with Gasteiger partial charge in [0.25, 0.3) is 10.0 Å². The van der Waals surface area contributed by atoms with Crippen LogP contribution in [0.25, 0.3) is 0 Å². The Morgan fingerprint density at radius 1 is 0.784 bits per heavy atom. The van der Waals surface area contributed by atoms with Crippen molar-refractivity contribution in [3.63, 3.8) is 0 Å². The number of anilines is 1. The summed E-state index contributed by atoms with van der Waals surface area (Å²) in [6.45, 7) is 3.50. The van der Waals surface area contributed by atoms with Crippen LogP contribution in [0.15, 0.2) is 108 Å². The molecule has 0 bridgehead atoms. The molecule has 1 atom stereocenters. The monoisotopic (exact) mass is 514 g/mol. The Morgan fingerprint density at radius 3 is 1.89 bits per heavy atom. The number of amides is 1. The molecular weight excluding hydrogens is 484 g/mol. The van der Waals surface area contributed by atoms with Crippen LogP contribution >= 0.6 is 0 Å². The van der Waals surface area contributed by atoms with E-state index in [1.165, 1.54) is 7.11 Å². The molecule has 0 aliphatic carbocycles. The Kier molecular flexibility index (Phi) is 7.94. The van der Waals surface area contributed by atoms with Crippen molar-refractivity contribution in [2.75, 3.05) is 18.0 Å². The minimum absolute atomic E-state index is 0.111. The highest BCUT2D eigenvalue weighted by Crippen LogP contribution is 2.27. The number of rotatable bonds is 9. The lowest BCUT2D eigenvalue weighted by Crippen LogP contribution is -2.42. The highest BCUT2D eigenvalue weighted by Gasteiger charge is 2.28. The first-order valence-corrected chi connectivity index (χ1v) is 13.4. The van der Waals surface area contributed by atoms with Gasteiger partial charge in [-0.15, -0.1) is 0 Å². The van der Waals surface area contributed by atoms with Gasteiger partial charge in [-0.1, -0.05) is 77.9 Å². The van der Waals surface area contributed by atoms with Crippen molar-refractivity contribution in [1.82, 2.24) is 5.32 Å². The van der Waals surface area contributed by atoms with E-state index in [0.29, 0.717) is 11.4 Å². The summed E-state index contributed by atoms with van der Waals surface area (Å²) in [5.41, 5.74) is 4.22. The minimum atomic E-state index is -4.02. The number of nitrogens with one attached hydrogen (secondary N) is 1. The van der Waals surface area contributed by atoms with Crippen LogP contribution in [0.1, 0.15) is 28.3 Å². The SMILES string of the molecule is COc1ccc(N(CC(=O)N[C@H](c2ccccc2)c2ccc(C)cc2)S(=O)(=O)c2ccc(C)cc2)cc1. The molecule has 1 N–H and O–H groups in total. The maximum absolute atomic E-state index is 13.7. The second kappa shape index (κ2) is 11.3. The average molecular weight is 515 g/mol. The first kappa shape index (κ1) is 26.0.